The second-order valence-electron chi connectivity index (χ2n) is 5.02. The lowest BCUT2D eigenvalue weighted by molar-refractivity contribution is 0.578. The van der Waals surface area contributed by atoms with Crippen LogP contribution in [0.25, 0.3) is 11.3 Å². The van der Waals surface area contributed by atoms with Crippen LogP contribution in [0.15, 0.2) is 30.5 Å². The molecule has 2 N–H and O–H groups in total. The molecule has 0 unspecified atom stereocenters. The minimum Gasteiger partial charge on any atom is -0.372 e. The fourth-order valence-electron chi connectivity index (χ4n) is 2.59. The molecular formula is C15H17FN4. The molecule has 104 valence electrons. The number of nitrogen functional groups attached to an aromatic ring is 1. The molecular weight excluding hydrogens is 255 g/mol. The van der Waals surface area contributed by atoms with E-state index in [2.05, 4.69) is 20.9 Å². The minimum atomic E-state index is -0.449. The van der Waals surface area contributed by atoms with Gasteiger partial charge in [-0.15, -0.1) is 0 Å². The van der Waals surface area contributed by atoms with E-state index >= 15 is 0 Å². The Bertz CT molecular complexity index is 609. The van der Waals surface area contributed by atoms with E-state index in [1.807, 2.05) is 18.2 Å². The molecule has 1 saturated heterocycles. The molecule has 0 amide bonds. The van der Waals surface area contributed by atoms with Crippen molar-refractivity contribution in [2.45, 2.75) is 19.3 Å². The van der Waals surface area contributed by atoms with Gasteiger partial charge in [0.15, 0.2) is 5.82 Å². The zero-order valence-corrected chi connectivity index (χ0v) is 11.2. The quantitative estimate of drug-likeness (QED) is 0.913. The first-order valence-corrected chi connectivity index (χ1v) is 6.87. The Balaban J connectivity index is 1.96. The van der Waals surface area contributed by atoms with Gasteiger partial charge in [-0.3, -0.25) is 0 Å². The van der Waals surface area contributed by atoms with Crippen molar-refractivity contribution in [3.63, 3.8) is 0 Å². The summed E-state index contributed by atoms with van der Waals surface area (Å²) in [5.41, 5.74) is 7.65. The third kappa shape index (κ3) is 2.57. The molecule has 1 aliphatic heterocycles. The third-order valence-electron chi connectivity index (χ3n) is 3.60. The topological polar surface area (TPSA) is 55.0 Å². The Morgan fingerprint density at radius 1 is 1.15 bits per heavy atom. The molecule has 2 heterocycles. The largest absolute Gasteiger partial charge is 0.372 e. The average Bonchev–Trinajstić information content (AvgIpc) is 2.51. The molecule has 0 aliphatic carbocycles. The van der Waals surface area contributed by atoms with Crippen molar-refractivity contribution in [2.75, 3.05) is 23.7 Å². The van der Waals surface area contributed by atoms with E-state index in [9.17, 15) is 4.39 Å². The van der Waals surface area contributed by atoms with Crippen molar-refractivity contribution in [2.24, 2.45) is 0 Å². The monoisotopic (exact) mass is 272 g/mol. The van der Waals surface area contributed by atoms with Gasteiger partial charge in [0.25, 0.3) is 0 Å². The number of hydrogen-bond acceptors (Lipinski definition) is 4. The molecule has 5 heteroatoms. The number of rotatable bonds is 2. The zero-order valence-electron chi connectivity index (χ0n) is 11.2. The van der Waals surface area contributed by atoms with Gasteiger partial charge in [-0.05, 0) is 31.4 Å². The van der Waals surface area contributed by atoms with Crippen LogP contribution in [0.4, 0.5) is 16.0 Å². The van der Waals surface area contributed by atoms with Crippen LogP contribution in [-0.2, 0) is 0 Å². The molecule has 0 saturated carbocycles. The van der Waals surface area contributed by atoms with E-state index in [-0.39, 0.29) is 11.6 Å². The number of piperidine rings is 1. The van der Waals surface area contributed by atoms with Gasteiger partial charge in [-0.2, -0.15) is 0 Å². The number of aromatic nitrogens is 2. The summed E-state index contributed by atoms with van der Waals surface area (Å²) in [5.74, 6) is -0.361. The van der Waals surface area contributed by atoms with Crippen molar-refractivity contribution < 1.29 is 4.39 Å². The number of hydrogen-bond donors (Lipinski definition) is 1. The predicted molar refractivity (Wildman–Crippen MR) is 77.9 cm³/mol. The summed E-state index contributed by atoms with van der Waals surface area (Å²) in [6.07, 6.45) is 4.82. The summed E-state index contributed by atoms with van der Waals surface area (Å²) in [4.78, 5) is 9.99. The van der Waals surface area contributed by atoms with Gasteiger partial charge < -0.3 is 10.6 Å². The van der Waals surface area contributed by atoms with E-state index < -0.39 is 5.82 Å². The van der Waals surface area contributed by atoms with Gasteiger partial charge >= 0.3 is 0 Å². The van der Waals surface area contributed by atoms with E-state index in [0.717, 1.165) is 30.5 Å². The number of benzene rings is 1. The maximum absolute atomic E-state index is 13.8. The highest BCUT2D eigenvalue weighted by molar-refractivity contribution is 5.66. The fraction of sp³-hybridized carbons (Fsp3) is 0.333. The van der Waals surface area contributed by atoms with E-state index in [0.29, 0.717) is 0 Å². The third-order valence-corrected chi connectivity index (χ3v) is 3.60. The lowest BCUT2D eigenvalue weighted by Gasteiger charge is -2.29. The molecule has 1 fully saturated rings. The molecule has 2 aromatic rings. The Hall–Kier alpha value is -2.17. The number of anilines is 2. The predicted octanol–water partition coefficient (Wildman–Crippen LogP) is 2.86. The molecule has 1 aromatic carbocycles. The van der Waals surface area contributed by atoms with Gasteiger partial charge in [-0.1, -0.05) is 12.1 Å². The Morgan fingerprint density at radius 2 is 1.95 bits per heavy atom. The Labute approximate surface area is 117 Å². The maximum atomic E-state index is 13.8. The van der Waals surface area contributed by atoms with Gasteiger partial charge in [0, 0.05) is 24.3 Å². The zero-order chi connectivity index (χ0) is 13.9. The highest BCUT2D eigenvalue weighted by atomic mass is 19.1. The van der Waals surface area contributed by atoms with Crippen LogP contribution in [0.5, 0.6) is 0 Å². The molecule has 1 aliphatic rings. The van der Waals surface area contributed by atoms with Crippen LogP contribution in [0.1, 0.15) is 19.3 Å². The van der Waals surface area contributed by atoms with Gasteiger partial charge in [-0.25, -0.2) is 14.4 Å². The lowest BCUT2D eigenvalue weighted by atomic mass is 10.1. The summed E-state index contributed by atoms with van der Waals surface area (Å²) in [5, 5.41) is 0. The normalized spacial score (nSPS) is 15.3. The second-order valence-corrected chi connectivity index (χ2v) is 5.02. The van der Waals surface area contributed by atoms with Crippen LogP contribution in [0.3, 0.4) is 0 Å². The SMILES string of the molecule is Nc1ncc(F)c(-c2cccc(N3CCCCC3)c2)n1. The van der Waals surface area contributed by atoms with Crippen molar-refractivity contribution in [3.05, 3.63) is 36.3 Å². The second kappa shape index (κ2) is 5.45. The molecule has 0 spiro atoms. The number of halogens is 1. The molecule has 4 nitrogen and oxygen atoms in total. The number of nitrogens with zero attached hydrogens (tertiary/aromatic N) is 3. The van der Waals surface area contributed by atoms with Gasteiger partial charge in [0.05, 0.1) is 6.20 Å². The molecule has 3 rings (SSSR count). The summed E-state index contributed by atoms with van der Waals surface area (Å²) >= 11 is 0. The van der Waals surface area contributed by atoms with Crippen LogP contribution in [0.2, 0.25) is 0 Å². The van der Waals surface area contributed by atoms with Crippen molar-refractivity contribution in [3.8, 4) is 11.3 Å². The highest BCUT2D eigenvalue weighted by Crippen LogP contribution is 2.27. The summed E-state index contributed by atoms with van der Waals surface area (Å²) in [6.45, 7) is 2.11. The highest BCUT2D eigenvalue weighted by Gasteiger charge is 2.13. The van der Waals surface area contributed by atoms with Crippen LogP contribution < -0.4 is 10.6 Å². The molecule has 0 atom stereocenters. The summed E-state index contributed by atoms with van der Waals surface area (Å²) in [6, 6.07) is 7.79. The fourth-order valence-corrected chi connectivity index (χ4v) is 2.59. The van der Waals surface area contributed by atoms with Crippen LogP contribution in [-0.4, -0.2) is 23.1 Å². The average molecular weight is 272 g/mol. The van der Waals surface area contributed by atoms with Gasteiger partial charge in [0.2, 0.25) is 5.95 Å². The molecule has 1 aromatic heterocycles. The molecule has 0 radical (unpaired) electrons. The summed E-state index contributed by atoms with van der Waals surface area (Å²) < 4.78 is 13.8. The number of nitrogens with two attached hydrogens (primary N) is 1. The first-order valence-electron chi connectivity index (χ1n) is 6.87. The first-order chi connectivity index (χ1) is 9.74. The smallest absolute Gasteiger partial charge is 0.220 e. The Kier molecular flexibility index (Phi) is 3.50. The Morgan fingerprint density at radius 3 is 2.75 bits per heavy atom. The minimum absolute atomic E-state index is 0.0878. The standard InChI is InChI=1S/C15H17FN4/c16-13-10-18-15(17)19-14(13)11-5-4-6-12(9-11)20-7-2-1-3-8-20/h4-6,9-10H,1-3,7-8H2,(H2,17,18,19). The van der Waals surface area contributed by atoms with E-state index in [1.54, 1.807) is 0 Å². The van der Waals surface area contributed by atoms with E-state index in [4.69, 9.17) is 5.73 Å². The molecule has 20 heavy (non-hydrogen) atoms. The maximum Gasteiger partial charge on any atom is 0.220 e. The summed E-state index contributed by atoms with van der Waals surface area (Å²) in [7, 11) is 0. The van der Waals surface area contributed by atoms with E-state index in [1.165, 1.54) is 19.3 Å². The van der Waals surface area contributed by atoms with Crippen molar-refractivity contribution >= 4 is 11.6 Å². The van der Waals surface area contributed by atoms with Crippen LogP contribution in [0, 0.1) is 5.82 Å². The van der Waals surface area contributed by atoms with Crippen LogP contribution >= 0.6 is 0 Å². The van der Waals surface area contributed by atoms with Crippen molar-refractivity contribution in [1.29, 1.82) is 0 Å². The molecule has 0 bridgehead atoms. The van der Waals surface area contributed by atoms with Gasteiger partial charge in [0.1, 0.15) is 5.69 Å². The van der Waals surface area contributed by atoms with Crippen molar-refractivity contribution in [1.82, 2.24) is 9.97 Å². The lowest BCUT2D eigenvalue weighted by Crippen LogP contribution is -2.29. The first kappa shape index (κ1) is 12.8.